The van der Waals surface area contributed by atoms with Gasteiger partial charge in [-0.05, 0) is 18.8 Å². The van der Waals surface area contributed by atoms with Crippen LogP contribution in [-0.4, -0.2) is 36.4 Å². The number of ether oxygens (including phenoxy) is 2. The molecule has 1 N–H and O–H groups in total. The Hall–Kier alpha value is -1.10. The van der Waals surface area contributed by atoms with Gasteiger partial charge in [0.1, 0.15) is 6.61 Å². The molecule has 0 saturated carbocycles. The molecule has 43 heavy (non-hydrogen) atoms. The fraction of sp³-hybridized carbons (Fsp3) is 0.947. The largest absolute Gasteiger partial charge is 0.462 e. The van der Waals surface area contributed by atoms with Crippen molar-refractivity contribution in [3.8, 4) is 0 Å². The molecule has 0 amide bonds. The van der Waals surface area contributed by atoms with Crippen LogP contribution in [0.15, 0.2) is 0 Å². The summed E-state index contributed by atoms with van der Waals surface area (Å²) in [4.78, 5) is 24.2. The third-order valence-corrected chi connectivity index (χ3v) is 8.94. The molecule has 0 bridgehead atoms. The Labute approximate surface area is 268 Å². The fourth-order valence-corrected chi connectivity index (χ4v) is 5.65. The van der Waals surface area contributed by atoms with E-state index in [0.29, 0.717) is 12.8 Å². The van der Waals surface area contributed by atoms with Crippen LogP contribution in [0.2, 0.25) is 0 Å². The van der Waals surface area contributed by atoms with Gasteiger partial charge in [0.25, 0.3) is 0 Å². The van der Waals surface area contributed by atoms with Crippen molar-refractivity contribution in [1.82, 2.24) is 0 Å². The lowest BCUT2D eigenvalue weighted by Gasteiger charge is -2.15. The molecule has 0 aliphatic rings. The zero-order chi connectivity index (χ0) is 31.6. The Morgan fingerprint density at radius 2 is 0.907 bits per heavy atom. The zero-order valence-electron chi connectivity index (χ0n) is 29.2. The topological polar surface area (TPSA) is 72.8 Å². The normalized spacial score (nSPS) is 12.7. The molecule has 0 radical (unpaired) electrons. The Balaban J connectivity index is 3.51. The number of aliphatic hydroxyl groups is 1. The van der Waals surface area contributed by atoms with Gasteiger partial charge in [-0.2, -0.15) is 0 Å². The van der Waals surface area contributed by atoms with Crippen LogP contribution < -0.4 is 0 Å². The number of hydrogen-bond acceptors (Lipinski definition) is 5. The zero-order valence-corrected chi connectivity index (χ0v) is 29.2. The van der Waals surface area contributed by atoms with E-state index < -0.39 is 6.10 Å². The van der Waals surface area contributed by atoms with E-state index in [-0.39, 0.29) is 25.2 Å². The summed E-state index contributed by atoms with van der Waals surface area (Å²) in [5.41, 5.74) is 0. The van der Waals surface area contributed by atoms with Gasteiger partial charge in [0.15, 0.2) is 6.10 Å². The van der Waals surface area contributed by atoms with Gasteiger partial charge in [0.2, 0.25) is 0 Å². The average Bonchev–Trinajstić information content (AvgIpc) is 3.01. The van der Waals surface area contributed by atoms with Gasteiger partial charge >= 0.3 is 11.9 Å². The average molecular weight is 611 g/mol. The molecule has 5 heteroatoms. The molecule has 0 fully saturated rings. The molecular formula is C38H74O5. The smallest absolute Gasteiger partial charge is 0.306 e. The summed E-state index contributed by atoms with van der Waals surface area (Å²) in [5, 5.41) is 9.53. The molecule has 2 atom stereocenters. The van der Waals surface area contributed by atoms with Crippen molar-refractivity contribution in [3.63, 3.8) is 0 Å². The Bertz CT molecular complexity index is 593. The minimum Gasteiger partial charge on any atom is -0.462 e. The Kier molecular flexibility index (Phi) is 32.9. The lowest BCUT2D eigenvalue weighted by atomic mass is 9.99. The van der Waals surface area contributed by atoms with Crippen LogP contribution >= 0.6 is 0 Å². The number of rotatable bonds is 34. The first kappa shape index (κ1) is 41.9. The van der Waals surface area contributed by atoms with Crippen LogP contribution in [-0.2, 0) is 19.1 Å². The summed E-state index contributed by atoms with van der Waals surface area (Å²) >= 11 is 0. The first-order valence-electron chi connectivity index (χ1n) is 19.0. The molecule has 0 aromatic rings. The molecule has 0 aromatic heterocycles. The summed E-state index contributed by atoms with van der Waals surface area (Å²) in [6.45, 7) is 6.50. The minimum atomic E-state index is -0.762. The van der Waals surface area contributed by atoms with Crippen LogP contribution in [0.5, 0.6) is 0 Å². The number of aliphatic hydroxyl groups excluding tert-OH is 1. The predicted molar refractivity (Wildman–Crippen MR) is 182 cm³/mol. The van der Waals surface area contributed by atoms with Crippen molar-refractivity contribution in [2.45, 2.75) is 213 Å². The molecule has 0 aromatic carbocycles. The number of unbranched alkanes of at least 4 members (excludes halogenated alkanes) is 23. The molecule has 0 heterocycles. The quantitative estimate of drug-likeness (QED) is 0.0579. The van der Waals surface area contributed by atoms with E-state index >= 15 is 0 Å². The SMILES string of the molecule is CCCCCCCCCCCCCCCCCCCC(=O)O[C@@H](CO)COC(=O)CCCCCCCCCCC(C)CC. The molecule has 256 valence electrons. The van der Waals surface area contributed by atoms with Gasteiger partial charge in [-0.15, -0.1) is 0 Å². The van der Waals surface area contributed by atoms with E-state index in [0.717, 1.165) is 44.4 Å². The van der Waals surface area contributed by atoms with E-state index in [1.807, 2.05) is 0 Å². The van der Waals surface area contributed by atoms with Crippen molar-refractivity contribution < 1.29 is 24.2 Å². The van der Waals surface area contributed by atoms with E-state index in [2.05, 4.69) is 20.8 Å². The molecule has 0 spiro atoms. The summed E-state index contributed by atoms with van der Waals surface area (Å²) in [7, 11) is 0. The highest BCUT2D eigenvalue weighted by molar-refractivity contribution is 5.70. The van der Waals surface area contributed by atoms with Crippen LogP contribution in [0.1, 0.15) is 207 Å². The standard InChI is InChI=1S/C38H74O5/c1-4-6-7-8-9-10-11-12-13-14-15-16-17-18-23-26-29-32-38(41)43-36(33-39)34-42-37(40)31-28-25-22-20-19-21-24-27-30-35(3)5-2/h35-36,39H,4-34H2,1-3H3/t35?,36-/m0/s1. The van der Waals surface area contributed by atoms with Crippen LogP contribution in [0.4, 0.5) is 0 Å². The predicted octanol–water partition coefficient (Wildman–Crippen LogP) is 11.4. The summed E-state index contributed by atoms with van der Waals surface area (Å²) in [6, 6.07) is 0. The Morgan fingerprint density at radius 3 is 1.30 bits per heavy atom. The molecule has 0 aliphatic heterocycles. The molecule has 0 saturated heterocycles. The monoisotopic (exact) mass is 611 g/mol. The summed E-state index contributed by atoms with van der Waals surface area (Å²) in [6.07, 6.45) is 34.4. The highest BCUT2D eigenvalue weighted by Crippen LogP contribution is 2.16. The number of hydrogen-bond donors (Lipinski definition) is 1. The van der Waals surface area contributed by atoms with Crippen LogP contribution in [0, 0.1) is 5.92 Å². The van der Waals surface area contributed by atoms with E-state index in [1.165, 1.54) is 135 Å². The van der Waals surface area contributed by atoms with Crippen molar-refractivity contribution in [3.05, 3.63) is 0 Å². The summed E-state index contributed by atoms with van der Waals surface area (Å²) < 4.78 is 10.6. The van der Waals surface area contributed by atoms with Gasteiger partial charge in [-0.3, -0.25) is 9.59 Å². The number of carbonyl (C=O) groups is 2. The van der Waals surface area contributed by atoms with Crippen molar-refractivity contribution >= 4 is 11.9 Å². The second kappa shape index (κ2) is 33.8. The first-order chi connectivity index (χ1) is 21.0. The van der Waals surface area contributed by atoms with Gasteiger partial charge in [-0.25, -0.2) is 0 Å². The van der Waals surface area contributed by atoms with Crippen molar-refractivity contribution in [2.75, 3.05) is 13.2 Å². The third-order valence-electron chi connectivity index (χ3n) is 8.94. The van der Waals surface area contributed by atoms with E-state index in [4.69, 9.17) is 9.47 Å². The van der Waals surface area contributed by atoms with Gasteiger partial charge < -0.3 is 14.6 Å². The lowest BCUT2D eigenvalue weighted by Crippen LogP contribution is -2.28. The molecular weight excluding hydrogens is 536 g/mol. The molecule has 0 aliphatic carbocycles. The maximum absolute atomic E-state index is 12.1. The van der Waals surface area contributed by atoms with Crippen molar-refractivity contribution in [2.24, 2.45) is 5.92 Å². The fourth-order valence-electron chi connectivity index (χ4n) is 5.65. The maximum atomic E-state index is 12.1. The summed E-state index contributed by atoms with van der Waals surface area (Å²) in [5.74, 6) is 0.279. The van der Waals surface area contributed by atoms with E-state index in [9.17, 15) is 14.7 Å². The highest BCUT2D eigenvalue weighted by atomic mass is 16.6. The van der Waals surface area contributed by atoms with Crippen LogP contribution in [0.3, 0.4) is 0 Å². The van der Waals surface area contributed by atoms with Gasteiger partial charge in [0, 0.05) is 12.8 Å². The van der Waals surface area contributed by atoms with Crippen LogP contribution in [0.25, 0.3) is 0 Å². The highest BCUT2D eigenvalue weighted by Gasteiger charge is 2.16. The van der Waals surface area contributed by atoms with Crippen molar-refractivity contribution in [1.29, 1.82) is 0 Å². The molecule has 1 unspecified atom stereocenters. The molecule has 0 rings (SSSR count). The van der Waals surface area contributed by atoms with E-state index in [1.54, 1.807) is 0 Å². The van der Waals surface area contributed by atoms with Gasteiger partial charge in [-0.1, -0.05) is 181 Å². The maximum Gasteiger partial charge on any atom is 0.306 e. The second-order valence-corrected chi connectivity index (χ2v) is 13.3. The second-order valence-electron chi connectivity index (χ2n) is 13.3. The lowest BCUT2D eigenvalue weighted by molar-refractivity contribution is -0.161. The first-order valence-corrected chi connectivity index (χ1v) is 19.0. The third kappa shape index (κ3) is 32.1. The number of carbonyl (C=O) groups excluding carboxylic acids is 2. The molecule has 5 nitrogen and oxygen atoms in total. The number of esters is 2. The minimum absolute atomic E-state index is 0.0588. The van der Waals surface area contributed by atoms with Gasteiger partial charge in [0.05, 0.1) is 6.61 Å². The Morgan fingerprint density at radius 1 is 0.535 bits per heavy atom.